The van der Waals surface area contributed by atoms with Crippen molar-refractivity contribution in [3.05, 3.63) is 62.9 Å². The lowest BCUT2D eigenvalue weighted by Crippen LogP contribution is -2.56. The summed E-state index contributed by atoms with van der Waals surface area (Å²) in [5.41, 5.74) is -8.22. The molecule has 2 aliphatic rings. The topological polar surface area (TPSA) is 376 Å². The number of nitrogens with zero attached hydrogens (tertiary/aromatic N) is 10. The summed E-state index contributed by atoms with van der Waals surface area (Å²) in [5.74, 6) is -3.92. The number of aliphatic hydroxyl groups is 4. The van der Waals surface area contributed by atoms with E-state index in [4.69, 9.17) is 33.5 Å². The lowest BCUT2D eigenvalue weighted by atomic mass is 10.2. The minimum Gasteiger partial charge on any atom is -0.468 e. The summed E-state index contributed by atoms with van der Waals surface area (Å²) in [4.78, 5) is 152. The van der Waals surface area contributed by atoms with Crippen molar-refractivity contribution in [1.82, 2.24) is 47.0 Å². The Hall–Kier alpha value is -6.55. The molecule has 2 fully saturated rings. The molecule has 2 saturated heterocycles. The number of esters is 3. The van der Waals surface area contributed by atoms with E-state index >= 15 is 0 Å². The summed E-state index contributed by atoms with van der Waals surface area (Å²) in [6, 6.07) is -1.03. The molecule has 2 aliphatic heterocycles. The predicted octanol–water partition coefficient (Wildman–Crippen LogP) is -5.25. The van der Waals surface area contributed by atoms with Crippen molar-refractivity contribution in [3.63, 3.8) is 0 Å². The van der Waals surface area contributed by atoms with Gasteiger partial charge >= 0.3 is 64.1 Å². The second-order valence-electron chi connectivity index (χ2n) is 16.9. The van der Waals surface area contributed by atoms with Crippen LogP contribution in [-0.2, 0) is 86.8 Å². The number of aromatic nitrogens is 6. The van der Waals surface area contributed by atoms with E-state index < -0.39 is 168 Å². The average molecular weight is 1080 g/mol. The maximum atomic E-state index is 14.1. The summed E-state index contributed by atoms with van der Waals surface area (Å²) in [7, 11) is 0.915. The second kappa shape index (κ2) is 30.1. The Bertz CT molecular complexity index is 2610. The lowest BCUT2D eigenvalue weighted by Gasteiger charge is -2.29. The third kappa shape index (κ3) is 15.5. The fraction of sp³-hybridized carbons (Fsp3) is 0.744. The van der Waals surface area contributed by atoms with Gasteiger partial charge in [-0.15, -0.1) is 0 Å². The number of methoxy groups -OCH3 is 1. The maximum Gasteiger partial charge on any atom is 0.337 e. The van der Waals surface area contributed by atoms with Crippen LogP contribution < -0.4 is 34.1 Å². The van der Waals surface area contributed by atoms with E-state index in [-0.39, 0.29) is 33.9 Å². The first-order valence-corrected chi connectivity index (χ1v) is 24.2. The largest absolute Gasteiger partial charge is 0.468 e. The summed E-state index contributed by atoms with van der Waals surface area (Å²) in [6.07, 6.45) is -0.672. The van der Waals surface area contributed by atoms with Gasteiger partial charge in [-0.05, 0) is 19.3 Å². The first kappa shape index (κ1) is 61.0. The summed E-state index contributed by atoms with van der Waals surface area (Å²) < 4.78 is 39.7. The molecule has 0 aliphatic carbocycles. The van der Waals surface area contributed by atoms with Gasteiger partial charge in [0.1, 0.15) is 72.0 Å². The van der Waals surface area contributed by atoms with Gasteiger partial charge in [0.05, 0.1) is 46.6 Å². The van der Waals surface area contributed by atoms with Crippen molar-refractivity contribution in [2.75, 3.05) is 86.9 Å². The van der Waals surface area contributed by atoms with Crippen molar-refractivity contribution in [1.29, 1.82) is 0 Å². The molecule has 4 amide bonds. The number of aliphatic hydroxyl groups excluding tert-OH is 4. The Balaban J connectivity index is 1.54. The number of carbonyl (C=O) groups is 5. The Kier molecular flexibility index (Phi) is 24.5. The van der Waals surface area contributed by atoms with Gasteiger partial charge in [-0.1, -0.05) is 40.0 Å². The number of fused-ring (bicyclic) bond motifs is 1. The minimum absolute atomic E-state index is 0.109. The molecule has 32 nitrogen and oxygen atoms in total. The van der Waals surface area contributed by atoms with Crippen LogP contribution in [-0.4, -0.2) is 209 Å². The molecule has 4 atom stereocenters. The highest BCUT2D eigenvalue weighted by Gasteiger charge is 2.59. The number of hydrogen-bond acceptors (Lipinski definition) is 22. The zero-order valence-electron chi connectivity index (χ0n) is 42.4. The Morgan fingerprint density at radius 2 is 0.813 bits per heavy atom. The first-order valence-electron chi connectivity index (χ1n) is 24.2. The third-order valence-electron chi connectivity index (χ3n) is 11.6. The summed E-state index contributed by atoms with van der Waals surface area (Å²) in [6.45, 7) is -3.25. The van der Waals surface area contributed by atoms with Crippen LogP contribution in [0.2, 0.25) is 0 Å². The molecule has 0 bridgehead atoms. The monoisotopic (exact) mass is 1080 g/mol. The molecule has 75 heavy (non-hydrogen) atoms. The number of urea groups is 2. The van der Waals surface area contributed by atoms with Crippen LogP contribution >= 0.6 is 0 Å². The average Bonchev–Trinajstić information content (AvgIpc) is 3.81. The minimum atomic E-state index is -1.77. The van der Waals surface area contributed by atoms with Crippen LogP contribution in [0.15, 0.2) is 28.8 Å². The van der Waals surface area contributed by atoms with E-state index in [1.54, 1.807) is 0 Å². The van der Waals surface area contributed by atoms with Gasteiger partial charge in [0.15, 0.2) is 12.3 Å². The van der Waals surface area contributed by atoms with Gasteiger partial charge in [-0.3, -0.25) is 34.0 Å². The van der Waals surface area contributed by atoms with Crippen LogP contribution in [0.1, 0.15) is 59.3 Å². The van der Waals surface area contributed by atoms with Gasteiger partial charge in [-0.25, -0.2) is 65.8 Å². The summed E-state index contributed by atoms with van der Waals surface area (Å²) in [5, 5.41) is 38.0. The van der Waals surface area contributed by atoms with Crippen molar-refractivity contribution in [3.8, 4) is 0 Å². The van der Waals surface area contributed by atoms with Crippen molar-refractivity contribution in [2.24, 2.45) is 0 Å². The molecule has 422 valence electrons. The Morgan fingerprint density at radius 1 is 0.467 bits per heavy atom. The number of rotatable bonds is 35. The third-order valence-corrected chi connectivity index (χ3v) is 11.6. The summed E-state index contributed by atoms with van der Waals surface area (Å²) >= 11 is 0. The standard InChI is InChI=1S/C43H68N10O22/c1-5-8-15-70-25-50-34-35(52(42(50)67)27-72-17-10-7-3)53(43(68)51(34)26-71-16-9-6-2)28-73-18-12-45-36(61)44(11-14-54)37(62)46(38(45)63)13-19-74-32(59)21-48-39(64)47(20-31(58)69-4)40(65)49(41(48)66)22-33(60)75-24-30(57)29(56)23-55/h29-30,34-35,54-57H,5-28H2,1-4H3. The van der Waals surface area contributed by atoms with Gasteiger partial charge in [-0.2, -0.15) is 0 Å². The number of hydrogen-bond donors (Lipinski definition) is 4. The molecule has 0 spiro atoms. The normalized spacial score (nSPS) is 16.2. The van der Waals surface area contributed by atoms with Gasteiger partial charge in [0.2, 0.25) is 0 Å². The van der Waals surface area contributed by atoms with E-state index in [0.717, 1.165) is 32.8 Å². The molecule has 0 radical (unpaired) electrons. The molecular weight excluding hydrogens is 1010 g/mol. The second-order valence-corrected chi connectivity index (χ2v) is 16.9. The molecule has 4 N–H and O–H groups in total. The number of amides is 4. The van der Waals surface area contributed by atoms with Crippen LogP contribution in [0.3, 0.4) is 0 Å². The molecule has 4 heterocycles. The van der Waals surface area contributed by atoms with E-state index in [1.807, 2.05) is 20.8 Å². The van der Waals surface area contributed by atoms with Crippen molar-refractivity contribution in [2.45, 2.75) is 123 Å². The molecule has 2 aromatic rings. The van der Waals surface area contributed by atoms with Gasteiger partial charge in [0.25, 0.3) is 0 Å². The maximum absolute atomic E-state index is 14.1. The van der Waals surface area contributed by atoms with E-state index in [9.17, 15) is 68.1 Å². The smallest absolute Gasteiger partial charge is 0.337 e. The molecule has 4 rings (SSSR count). The number of carbonyl (C=O) groups excluding carboxylic acids is 5. The Morgan fingerprint density at radius 3 is 1.19 bits per heavy atom. The molecule has 4 unspecified atom stereocenters. The highest BCUT2D eigenvalue weighted by atomic mass is 16.6. The van der Waals surface area contributed by atoms with Crippen LogP contribution in [0, 0.1) is 0 Å². The number of ether oxygens (including phenoxy) is 7. The SMILES string of the molecule is CCCCOCN1C(=O)N(COCCCC)C2C1N(COCCCC)C(=O)N2COCCn1c(=O)n(CCO)c(=O)n(CCOC(=O)Cn2c(=O)n(CC(=O)OC)c(=O)n(CC(=O)OCC(O)C(O)CO)c2=O)c1=O. The first-order chi connectivity index (χ1) is 35.9. The van der Waals surface area contributed by atoms with Crippen molar-refractivity contribution >= 4 is 30.0 Å². The molecule has 0 saturated carbocycles. The fourth-order valence-corrected chi connectivity index (χ4v) is 7.49. The fourth-order valence-electron chi connectivity index (χ4n) is 7.49. The van der Waals surface area contributed by atoms with Crippen LogP contribution in [0.5, 0.6) is 0 Å². The highest BCUT2D eigenvalue weighted by Crippen LogP contribution is 2.35. The van der Waals surface area contributed by atoms with E-state index in [1.165, 1.54) is 19.6 Å². The van der Waals surface area contributed by atoms with E-state index in [2.05, 4.69) is 4.74 Å². The molecule has 32 heteroatoms. The van der Waals surface area contributed by atoms with E-state index in [0.29, 0.717) is 46.4 Å². The highest BCUT2D eigenvalue weighted by molar-refractivity contribution is 5.85. The molecule has 2 aromatic heterocycles. The number of unbranched alkanes of at least 4 members (excludes halogenated alkanes) is 3. The van der Waals surface area contributed by atoms with Crippen LogP contribution in [0.25, 0.3) is 0 Å². The zero-order chi connectivity index (χ0) is 55.4. The van der Waals surface area contributed by atoms with Crippen LogP contribution in [0.4, 0.5) is 9.59 Å². The zero-order valence-corrected chi connectivity index (χ0v) is 42.4. The lowest BCUT2D eigenvalue weighted by molar-refractivity contribution is -0.150. The molecular formula is C43H68N10O22. The quantitative estimate of drug-likeness (QED) is 0.0285. The molecule has 0 aromatic carbocycles. The van der Waals surface area contributed by atoms with Gasteiger partial charge < -0.3 is 53.6 Å². The van der Waals surface area contributed by atoms with Gasteiger partial charge in [0, 0.05) is 19.8 Å². The predicted molar refractivity (Wildman–Crippen MR) is 252 cm³/mol. The van der Waals surface area contributed by atoms with Crippen molar-refractivity contribution < 1.29 is 77.6 Å². The Labute approximate surface area is 426 Å².